The SMILES string of the molecule is COC(=O)c1cc(C#N)c(=O)n(C[C@H](O)COc2c(C)cccc2C)c1. The van der Waals surface area contributed by atoms with Crippen LogP contribution in [0.15, 0.2) is 35.3 Å². The number of ether oxygens (including phenoxy) is 2. The van der Waals surface area contributed by atoms with Gasteiger partial charge in [0.2, 0.25) is 0 Å². The molecule has 26 heavy (non-hydrogen) atoms. The highest BCUT2D eigenvalue weighted by molar-refractivity contribution is 5.89. The minimum Gasteiger partial charge on any atom is -0.490 e. The molecular formula is C19H20N2O5. The molecule has 1 heterocycles. The van der Waals surface area contributed by atoms with Gasteiger partial charge in [0.05, 0.1) is 19.2 Å². The summed E-state index contributed by atoms with van der Waals surface area (Å²) in [5.74, 6) is 0.0106. The number of aliphatic hydroxyl groups excluding tert-OH is 1. The van der Waals surface area contributed by atoms with Crippen LogP contribution in [0, 0.1) is 25.2 Å². The molecule has 0 saturated carbocycles. The van der Waals surface area contributed by atoms with E-state index in [1.54, 1.807) is 6.07 Å². The maximum absolute atomic E-state index is 12.2. The van der Waals surface area contributed by atoms with Crippen molar-refractivity contribution in [3.8, 4) is 11.8 Å². The van der Waals surface area contributed by atoms with Gasteiger partial charge in [-0.2, -0.15) is 5.26 Å². The number of aliphatic hydroxyl groups is 1. The molecule has 1 atom stereocenters. The Balaban J connectivity index is 2.18. The number of benzene rings is 1. The van der Waals surface area contributed by atoms with Crippen molar-refractivity contribution in [3.63, 3.8) is 0 Å². The topological polar surface area (TPSA) is 102 Å². The predicted octanol–water partition coefficient (Wildman–Crippen LogP) is 1.56. The lowest BCUT2D eigenvalue weighted by molar-refractivity contribution is 0.0597. The van der Waals surface area contributed by atoms with Crippen LogP contribution in [0.25, 0.3) is 0 Å². The number of carbonyl (C=O) groups excluding carboxylic acids is 1. The van der Waals surface area contributed by atoms with E-state index in [1.807, 2.05) is 32.0 Å². The van der Waals surface area contributed by atoms with Crippen LogP contribution in [0.2, 0.25) is 0 Å². The van der Waals surface area contributed by atoms with E-state index in [0.29, 0.717) is 5.75 Å². The Morgan fingerprint density at radius 2 is 2.00 bits per heavy atom. The number of rotatable bonds is 6. The second-order valence-electron chi connectivity index (χ2n) is 5.89. The summed E-state index contributed by atoms with van der Waals surface area (Å²) in [5, 5.41) is 19.3. The number of nitrogens with zero attached hydrogens (tertiary/aromatic N) is 2. The van der Waals surface area contributed by atoms with E-state index in [9.17, 15) is 14.7 Å². The number of carbonyl (C=O) groups is 1. The number of hydrogen-bond acceptors (Lipinski definition) is 6. The number of hydrogen-bond donors (Lipinski definition) is 1. The fraction of sp³-hybridized carbons (Fsp3) is 0.316. The molecule has 0 bridgehead atoms. The van der Waals surface area contributed by atoms with Gasteiger partial charge in [-0.05, 0) is 31.0 Å². The molecule has 7 heteroatoms. The number of methoxy groups -OCH3 is 1. The van der Waals surface area contributed by atoms with E-state index in [2.05, 4.69) is 4.74 Å². The zero-order chi connectivity index (χ0) is 19.3. The molecule has 2 aromatic rings. The van der Waals surface area contributed by atoms with E-state index in [1.165, 1.54) is 19.4 Å². The molecular weight excluding hydrogens is 336 g/mol. The standard InChI is InChI=1S/C19H20N2O5/c1-12-5-4-6-13(2)17(12)26-11-16(22)10-21-9-15(19(24)25-3)7-14(8-20)18(21)23/h4-7,9,16,22H,10-11H2,1-3H3/t16-/m0/s1. The van der Waals surface area contributed by atoms with Gasteiger partial charge in [-0.3, -0.25) is 4.79 Å². The quantitative estimate of drug-likeness (QED) is 0.788. The Bertz CT molecular complexity index is 891. The van der Waals surface area contributed by atoms with Crippen LogP contribution in [0.5, 0.6) is 5.75 Å². The summed E-state index contributed by atoms with van der Waals surface area (Å²) in [5.41, 5.74) is 1.15. The van der Waals surface area contributed by atoms with Crippen molar-refractivity contribution in [1.82, 2.24) is 4.57 Å². The summed E-state index contributed by atoms with van der Waals surface area (Å²) in [4.78, 5) is 23.9. The van der Waals surface area contributed by atoms with Gasteiger partial charge in [-0.15, -0.1) is 0 Å². The first-order chi connectivity index (χ1) is 12.4. The summed E-state index contributed by atoms with van der Waals surface area (Å²) in [6, 6.07) is 8.63. The Morgan fingerprint density at radius 1 is 1.35 bits per heavy atom. The van der Waals surface area contributed by atoms with Crippen molar-refractivity contribution in [2.75, 3.05) is 13.7 Å². The second kappa shape index (κ2) is 8.32. The highest BCUT2D eigenvalue weighted by atomic mass is 16.5. The molecule has 136 valence electrons. The van der Waals surface area contributed by atoms with Crippen molar-refractivity contribution < 1.29 is 19.4 Å². The third kappa shape index (κ3) is 4.29. The largest absolute Gasteiger partial charge is 0.490 e. The molecule has 1 aromatic carbocycles. The zero-order valence-electron chi connectivity index (χ0n) is 14.9. The first-order valence-electron chi connectivity index (χ1n) is 7.97. The highest BCUT2D eigenvalue weighted by Crippen LogP contribution is 2.22. The summed E-state index contributed by atoms with van der Waals surface area (Å²) in [6.45, 7) is 3.64. The molecule has 0 saturated heterocycles. The van der Waals surface area contributed by atoms with Crippen LogP contribution in [0.3, 0.4) is 0 Å². The summed E-state index contributed by atoms with van der Waals surface area (Å²) in [6.07, 6.45) is 0.253. The molecule has 2 rings (SSSR count). The van der Waals surface area contributed by atoms with Crippen molar-refractivity contribution >= 4 is 5.97 Å². The molecule has 0 spiro atoms. The lowest BCUT2D eigenvalue weighted by Gasteiger charge is -2.17. The molecule has 0 radical (unpaired) electrons. The average molecular weight is 356 g/mol. The van der Waals surface area contributed by atoms with Gasteiger partial charge in [0.25, 0.3) is 5.56 Å². The molecule has 0 aliphatic carbocycles. The van der Waals surface area contributed by atoms with Crippen molar-refractivity contribution in [2.24, 2.45) is 0 Å². The number of esters is 1. The minimum absolute atomic E-state index is 0.0392. The van der Waals surface area contributed by atoms with E-state index >= 15 is 0 Å². The van der Waals surface area contributed by atoms with E-state index < -0.39 is 17.6 Å². The van der Waals surface area contributed by atoms with Gasteiger partial charge in [-0.25, -0.2) is 4.79 Å². The van der Waals surface area contributed by atoms with Crippen molar-refractivity contribution in [3.05, 3.63) is 63.1 Å². The van der Waals surface area contributed by atoms with E-state index in [0.717, 1.165) is 15.7 Å². The molecule has 1 N–H and O–H groups in total. The van der Waals surface area contributed by atoms with Crippen LogP contribution in [-0.2, 0) is 11.3 Å². The van der Waals surface area contributed by atoms with Gasteiger partial charge in [0.15, 0.2) is 0 Å². The Hall–Kier alpha value is -3.11. The Morgan fingerprint density at radius 3 is 2.58 bits per heavy atom. The van der Waals surface area contributed by atoms with Crippen LogP contribution in [-0.4, -0.2) is 35.5 Å². The Kier molecular flexibility index (Phi) is 6.15. The van der Waals surface area contributed by atoms with Crippen LogP contribution in [0.1, 0.15) is 27.0 Å². The Labute approximate surface area is 151 Å². The number of nitriles is 1. The molecule has 1 aromatic heterocycles. The van der Waals surface area contributed by atoms with Gasteiger partial charge in [-0.1, -0.05) is 18.2 Å². The number of pyridine rings is 1. The number of aromatic nitrogens is 1. The summed E-state index contributed by atoms with van der Waals surface area (Å²) < 4.78 is 11.4. The molecule has 0 fully saturated rings. The summed E-state index contributed by atoms with van der Waals surface area (Å²) in [7, 11) is 1.21. The first kappa shape index (κ1) is 19.2. The fourth-order valence-corrected chi connectivity index (χ4v) is 2.57. The monoisotopic (exact) mass is 356 g/mol. The summed E-state index contributed by atoms with van der Waals surface area (Å²) >= 11 is 0. The highest BCUT2D eigenvalue weighted by Gasteiger charge is 2.15. The second-order valence-corrected chi connectivity index (χ2v) is 5.89. The fourth-order valence-electron chi connectivity index (χ4n) is 2.57. The molecule has 0 aliphatic rings. The smallest absolute Gasteiger partial charge is 0.339 e. The molecule has 0 unspecified atom stereocenters. The van der Waals surface area contributed by atoms with Crippen LogP contribution < -0.4 is 10.3 Å². The molecule has 7 nitrogen and oxygen atoms in total. The van der Waals surface area contributed by atoms with Gasteiger partial charge in [0.1, 0.15) is 30.1 Å². The molecule has 0 aliphatic heterocycles. The van der Waals surface area contributed by atoms with Crippen molar-refractivity contribution in [1.29, 1.82) is 5.26 Å². The lowest BCUT2D eigenvalue weighted by Crippen LogP contribution is -2.32. The predicted molar refractivity (Wildman–Crippen MR) is 94.2 cm³/mol. The van der Waals surface area contributed by atoms with Crippen LogP contribution in [0.4, 0.5) is 0 Å². The van der Waals surface area contributed by atoms with Crippen molar-refractivity contribution in [2.45, 2.75) is 26.5 Å². The average Bonchev–Trinajstić information content (AvgIpc) is 2.62. The lowest BCUT2D eigenvalue weighted by atomic mass is 10.1. The maximum atomic E-state index is 12.2. The normalized spacial score (nSPS) is 11.5. The zero-order valence-corrected chi connectivity index (χ0v) is 14.9. The third-order valence-corrected chi connectivity index (χ3v) is 3.86. The minimum atomic E-state index is -1.01. The number of para-hydroxylation sites is 1. The number of aryl methyl sites for hydroxylation is 2. The van der Waals surface area contributed by atoms with Gasteiger partial charge >= 0.3 is 5.97 Å². The third-order valence-electron chi connectivity index (χ3n) is 3.86. The van der Waals surface area contributed by atoms with Crippen LogP contribution >= 0.6 is 0 Å². The van der Waals surface area contributed by atoms with E-state index in [4.69, 9.17) is 10.00 Å². The van der Waals surface area contributed by atoms with Gasteiger partial charge < -0.3 is 19.1 Å². The first-order valence-corrected chi connectivity index (χ1v) is 7.97. The molecule has 0 amide bonds. The van der Waals surface area contributed by atoms with Gasteiger partial charge in [0, 0.05) is 6.20 Å². The van der Waals surface area contributed by atoms with E-state index in [-0.39, 0.29) is 24.3 Å². The maximum Gasteiger partial charge on any atom is 0.339 e.